The molecule has 1 unspecified atom stereocenters. The molecule has 0 radical (unpaired) electrons. The molecule has 0 aromatic carbocycles. The number of guanidine groups is 1. The number of carbonyl (C=O) groups excluding carboxylic acids is 1. The van der Waals surface area contributed by atoms with Gasteiger partial charge < -0.3 is 20.3 Å². The normalized spacial score (nSPS) is 14.2. The maximum atomic E-state index is 12.0. The van der Waals surface area contributed by atoms with Crippen LogP contribution in [-0.4, -0.2) is 54.3 Å². The molecule has 1 atom stereocenters. The lowest BCUT2D eigenvalue weighted by Gasteiger charge is -2.28. The van der Waals surface area contributed by atoms with Gasteiger partial charge in [-0.15, -0.1) is 0 Å². The summed E-state index contributed by atoms with van der Waals surface area (Å²) in [5, 5.41) is 6.58. The Morgan fingerprint density at radius 3 is 2.22 bits per heavy atom. The highest BCUT2D eigenvalue weighted by molar-refractivity contribution is 5.80. The van der Waals surface area contributed by atoms with Crippen LogP contribution in [0.4, 0.5) is 4.79 Å². The molecule has 6 heteroatoms. The quantitative estimate of drug-likeness (QED) is 0.601. The van der Waals surface area contributed by atoms with Gasteiger partial charge in [0.1, 0.15) is 5.60 Å². The number of hydrogen-bond acceptors (Lipinski definition) is 3. The van der Waals surface area contributed by atoms with E-state index in [1.54, 1.807) is 11.9 Å². The number of nitrogens with zero attached hydrogens (tertiary/aromatic N) is 2. The first kappa shape index (κ1) is 21.5. The Labute approximate surface area is 142 Å². The molecule has 0 bridgehead atoms. The first-order valence-electron chi connectivity index (χ1n) is 8.38. The van der Waals surface area contributed by atoms with Gasteiger partial charge in [-0.05, 0) is 61.8 Å². The summed E-state index contributed by atoms with van der Waals surface area (Å²) in [5.41, 5.74) is -0.516. The number of rotatable bonds is 5. The maximum Gasteiger partial charge on any atom is 0.410 e. The van der Waals surface area contributed by atoms with Crippen molar-refractivity contribution in [1.82, 2.24) is 15.5 Å². The number of aliphatic imine (C=N–C) groups is 1. The van der Waals surface area contributed by atoms with E-state index >= 15 is 0 Å². The van der Waals surface area contributed by atoms with Gasteiger partial charge in [-0.25, -0.2) is 4.79 Å². The Kier molecular flexibility index (Phi) is 8.42. The van der Waals surface area contributed by atoms with E-state index in [2.05, 4.69) is 36.4 Å². The van der Waals surface area contributed by atoms with Crippen molar-refractivity contribution in [2.75, 3.05) is 20.1 Å². The highest BCUT2D eigenvalue weighted by Crippen LogP contribution is 2.12. The van der Waals surface area contributed by atoms with Crippen molar-refractivity contribution in [3.8, 4) is 0 Å². The zero-order valence-electron chi connectivity index (χ0n) is 16.4. The minimum atomic E-state index is -0.474. The molecule has 0 aromatic heterocycles. The van der Waals surface area contributed by atoms with E-state index in [0.29, 0.717) is 6.54 Å². The molecule has 2 N–H and O–H groups in total. The Bertz CT molecular complexity index is 394. The lowest BCUT2D eigenvalue weighted by Crippen LogP contribution is -2.47. The van der Waals surface area contributed by atoms with Gasteiger partial charge in [0, 0.05) is 31.7 Å². The van der Waals surface area contributed by atoms with Crippen molar-refractivity contribution >= 4 is 12.1 Å². The molecule has 0 rings (SSSR count). The molecule has 0 aromatic rings. The largest absolute Gasteiger partial charge is 0.444 e. The molecule has 136 valence electrons. The molecule has 0 aliphatic rings. The zero-order chi connectivity index (χ0) is 18.3. The summed E-state index contributed by atoms with van der Waals surface area (Å²) in [6, 6.07) is 0.0612. The molecular weight excluding hydrogens is 292 g/mol. The maximum absolute atomic E-state index is 12.0. The predicted octanol–water partition coefficient (Wildman–Crippen LogP) is 2.99. The van der Waals surface area contributed by atoms with E-state index in [-0.39, 0.29) is 17.7 Å². The van der Waals surface area contributed by atoms with E-state index in [9.17, 15) is 4.79 Å². The van der Waals surface area contributed by atoms with Crippen LogP contribution in [0.5, 0.6) is 0 Å². The predicted molar refractivity (Wildman–Crippen MR) is 96.9 cm³/mol. The number of carbonyl (C=O) groups is 1. The van der Waals surface area contributed by atoms with E-state index in [1.807, 2.05) is 34.6 Å². The summed E-state index contributed by atoms with van der Waals surface area (Å²) >= 11 is 0. The summed E-state index contributed by atoms with van der Waals surface area (Å²) in [5.74, 6) is 0.798. The molecule has 6 nitrogen and oxygen atoms in total. The number of amides is 1. The minimum Gasteiger partial charge on any atom is -0.444 e. The Balaban J connectivity index is 4.51. The summed E-state index contributed by atoms with van der Waals surface area (Å²) in [6.45, 7) is 17.4. The average Bonchev–Trinajstić information content (AvgIpc) is 2.33. The first-order valence-corrected chi connectivity index (χ1v) is 8.38. The molecule has 0 spiro atoms. The van der Waals surface area contributed by atoms with Gasteiger partial charge in [0.2, 0.25) is 0 Å². The van der Waals surface area contributed by atoms with E-state index in [1.165, 1.54) is 0 Å². The SMILES string of the molecule is CCNC(=NCCC(C)N(C)C(=O)OC(C)(C)C)NC(C)(C)C. The van der Waals surface area contributed by atoms with Crippen LogP contribution in [0.2, 0.25) is 0 Å². The van der Waals surface area contributed by atoms with E-state index in [4.69, 9.17) is 4.74 Å². The lowest BCUT2D eigenvalue weighted by molar-refractivity contribution is 0.0231. The summed E-state index contributed by atoms with van der Waals surface area (Å²) in [6.07, 6.45) is 0.477. The van der Waals surface area contributed by atoms with Crippen LogP contribution < -0.4 is 10.6 Å². The van der Waals surface area contributed by atoms with Gasteiger partial charge >= 0.3 is 6.09 Å². The van der Waals surface area contributed by atoms with Crippen molar-refractivity contribution < 1.29 is 9.53 Å². The van der Waals surface area contributed by atoms with Crippen molar-refractivity contribution in [3.63, 3.8) is 0 Å². The fourth-order valence-corrected chi connectivity index (χ4v) is 1.73. The summed E-state index contributed by atoms with van der Waals surface area (Å²) < 4.78 is 5.38. The molecule has 23 heavy (non-hydrogen) atoms. The van der Waals surface area contributed by atoms with E-state index < -0.39 is 5.60 Å². The molecule has 0 heterocycles. The Hall–Kier alpha value is -1.46. The monoisotopic (exact) mass is 328 g/mol. The third-order valence-corrected chi connectivity index (χ3v) is 3.00. The Morgan fingerprint density at radius 1 is 1.22 bits per heavy atom. The van der Waals surface area contributed by atoms with Crippen LogP contribution in [0.3, 0.4) is 0 Å². The van der Waals surface area contributed by atoms with Gasteiger partial charge in [0.05, 0.1) is 0 Å². The average molecular weight is 329 g/mol. The van der Waals surface area contributed by atoms with Crippen LogP contribution in [0.15, 0.2) is 4.99 Å². The lowest BCUT2D eigenvalue weighted by atomic mass is 10.1. The topological polar surface area (TPSA) is 66.0 Å². The van der Waals surface area contributed by atoms with Gasteiger partial charge in [-0.2, -0.15) is 0 Å². The first-order chi connectivity index (χ1) is 10.4. The van der Waals surface area contributed by atoms with Crippen LogP contribution >= 0.6 is 0 Å². The number of hydrogen-bond donors (Lipinski definition) is 2. The molecule has 0 saturated carbocycles. The van der Waals surface area contributed by atoms with Crippen LogP contribution in [0, 0.1) is 0 Å². The number of nitrogens with one attached hydrogen (secondary N) is 2. The van der Waals surface area contributed by atoms with Crippen molar-refractivity contribution in [2.24, 2.45) is 4.99 Å². The van der Waals surface area contributed by atoms with Crippen molar-refractivity contribution in [2.45, 2.75) is 79.0 Å². The van der Waals surface area contributed by atoms with Gasteiger partial charge in [0.15, 0.2) is 5.96 Å². The summed E-state index contributed by atoms with van der Waals surface area (Å²) in [4.78, 5) is 18.2. The smallest absolute Gasteiger partial charge is 0.410 e. The molecular formula is C17H36N4O2. The standard InChI is InChI=1S/C17H36N4O2/c1-10-18-14(20-16(3,4)5)19-12-11-13(2)21(9)15(22)23-17(6,7)8/h13H,10-12H2,1-9H3,(H2,18,19,20). The third kappa shape index (κ3) is 10.8. The van der Waals surface area contributed by atoms with Crippen molar-refractivity contribution in [3.05, 3.63) is 0 Å². The van der Waals surface area contributed by atoms with Gasteiger partial charge in [-0.3, -0.25) is 4.99 Å². The minimum absolute atomic E-state index is 0.0417. The van der Waals surface area contributed by atoms with Crippen molar-refractivity contribution in [1.29, 1.82) is 0 Å². The van der Waals surface area contributed by atoms with Crippen LogP contribution in [0.1, 0.15) is 61.8 Å². The second kappa shape index (κ2) is 8.99. The highest BCUT2D eigenvalue weighted by Gasteiger charge is 2.22. The van der Waals surface area contributed by atoms with Gasteiger partial charge in [-0.1, -0.05) is 0 Å². The van der Waals surface area contributed by atoms with Crippen LogP contribution in [-0.2, 0) is 4.74 Å². The third-order valence-electron chi connectivity index (χ3n) is 3.00. The second-order valence-electron chi connectivity index (χ2n) is 7.86. The Morgan fingerprint density at radius 2 is 1.78 bits per heavy atom. The summed E-state index contributed by atoms with van der Waals surface area (Å²) in [7, 11) is 1.76. The number of ether oxygens (including phenoxy) is 1. The molecule has 0 fully saturated rings. The van der Waals surface area contributed by atoms with Crippen LogP contribution in [0.25, 0.3) is 0 Å². The van der Waals surface area contributed by atoms with E-state index in [0.717, 1.165) is 18.9 Å². The molecule has 1 amide bonds. The fraction of sp³-hybridized carbons (Fsp3) is 0.882. The highest BCUT2D eigenvalue weighted by atomic mass is 16.6. The van der Waals surface area contributed by atoms with Gasteiger partial charge in [0.25, 0.3) is 0 Å². The molecule has 0 aliphatic heterocycles. The zero-order valence-corrected chi connectivity index (χ0v) is 16.4. The fourth-order valence-electron chi connectivity index (χ4n) is 1.73. The molecule has 0 saturated heterocycles. The second-order valence-corrected chi connectivity index (χ2v) is 7.86. The molecule has 0 aliphatic carbocycles.